The van der Waals surface area contributed by atoms with Crippen molar-refractivity contribution in [3.63, 3.8) is 0 Å². The van der Waals surface area contributed by atoms with Crippen LogP contribution in [0, 0.1) is 0 Å². The summed E-state index contributed by atoms with van der Waals surface area (Å²) in [4.78, 5) is 28.0. The molecule has 1 N–H and O–H groups in total. The minimum Gasteiger partial charge on any atom is -0.481 e. The molecule has 0 atom stereocenters. The number of ether oxygens (including phenoxy) is 1. The van der Waals surface area contributed by atoms with Gasteiger partial charge in [0.25, 0.3) is 0 Å². The highest BCUT2D eigenvalue weighted by Crippen LogP contribution is 1.69. The summed E-state index contributed by atoms with van der Waals surface area (Å²) < 4.78 is 4.40. The maximum Gasteiger partial charge on any atom is 0.303 e. The number of rotatable bonds is 2. The molecule has 14 heavy (non-hydrogen) atoms. The van der Waals surface area contributed by atoms with Crippen molar-refractivity contribution in [3.05, 3.63) is 0 Å². The lowest BCUT2D eigenvalue weighted by Crippen LogP contribution is -1.95. The zero-order valence-corrected chi connectivity index (χ0v) is 9.07. The Kier molecular flexibility index (Phi) is 23.2. The SMILES string of the molecule is CC=O.CCC(=O)O.CCOC(C)=O. The highest BCUT2D eigenvalue weighted by atomic mass is 16.5. The van der Waals surface area contributed by atoms with Gasteiger partial charge in [0.05, 0.1) is 6.61 Å². The predicted octanol–water partition coefficient (Wildman–Crippen LogP) is 1.26. The van der Waals surface area contributed by atoms with Gasteiger partial charge in [-0.2, -0.15) is 0 Å². The largest absolute Gasteiger partial charge is 0.481 e. The standard InChI is InChI=1S/C4H8O2.C3H6O2.C2H4O/c1-3-6-4(2)5;1-2-3(4)5;1-2-3/h3H2,1-2H3;2H2,1H3,(H,4,5);2H,1H3. The van der Waals surface area contributed by atoms with E-state index in [-0.39, 0.29) is 12.4 Å². The first-order valence-electron chi connectivity index (χ1n) is 4.21. The molecule has 0 aromatic carbocycles. The summed E-state index contributed by atoms with van der Waals surface area (Å²) in [6.45, 7) is 6.70. The number of carboxylic acid groups (broad SMARTS) is 1. The molecule has 0 saturated heterocycles. The lowest BCUT2D eigenvalue weighted by atomic mass is 10.5. The molecule has 0 aliphatic heterocycles. The minimum atomic E-state index is -0.745. The number of aliphatic carboxylic acids is 1. The van der Waals surface area contributed by atoms with Crippen molar-refractivity contribution in [2.45, 2.75) is 34.1 Å². The highest BCUT2D eigenvalue weighted by Gasteiger charge is 1.81. The number of esters is 1. The third kappa shape index (κ3) is 75.2. The summed E-state index contributed by atoms with van der Waals surface area (Å²) in [5.41, 5.74) is 0. The molecular formula is C9H18O5. The Hall–Kier alpha value is -1.39. The molecule has 84 valence electrons. The van der Waals surface area contributed by atoms with Crippen molar-refractivity contribution in [2.24, 2.45) is 0 Å². The van der Waals surface area contributed by atoms with Crippen LogP contribution < -0.4 is 0 Å². The molecule has 0 heterocycles. The van der Waals surface area contributed by atoms with Gasteiger partial charge in [0.1, 0.15) is 6.29 Å². The summed E-state index contributed by atoms with van der Waals surface area (Å²) in [5, 5.41) is 7.72. The number of hydrogen-bond acceptors (Lipinski definition) is 4. The Morgan fingerprint density at radius 3 is 1.64 bits per heavy atom. The lowest BCUT2D eigenvalue weighted by Gasteiger charge is -1.89. The Bertz CT molecular complexity index is 153. The topological polar surface area (TPSA) is 80.7 Å². The van der Waals surface area contributed by atoms with Gasteiger partial charge in [-0.15, -0.1) is 0 Å². The van der Waals surface area contributed by atoms with Gasteiger partial charge in [-0.05, 0) is 13.8 Å². The number of hydrogen-bond donors (Lipinski definition) is 1. The molecule has 0 aliphatic carbocycles. The van der Waals surface area contributed by atoms with Crippen LogP contribution in [0.5, 0.6) is 0 Å². The zero-order chi connectivity index (χ0) is 12.0. The number of aldehydes is 1. The fraction of sp³-hybridized carbons (Fsp3) is 0.667. The van der Waals surface area contributed by atoms with Crippen LogP contribution in [-0.4, -0.2) is 29.9 Å². The zero-order valence-electron chi connectivity index (χ0n) is 9.07. The van der Waals surface area contributed by atoms with Crippen molar-refractivity contribution < 1.29 is 24.2 Å². The van der Waals surface area contributed by atoms with Crippen molar-refractivity contribution in [2.75, 3.05) is 6.61 Å². The fourth-order valence-electron chi connectivity index (χ4n) is 0.203. The summed E-state index contributed by atoms with van der Waals surface area (Å²) >= 11 is 0. The Labute approximate surface area is 84.1 Å². The van der Waals surface area contributed by atoms with E-state index >= 15 is 0 Å². The van der Waals surface area contributed by atoms with Gasteiger partial charge in [-0.3, -0.25) is 9.59 Å². The van der Waals surface area contributed by atoms with Crippen LogP contribution in [0.1, 0.15) is 34.1 Å². The molecule has 5 nitrogen and oxygen atoms in total. The monoisotopic (exact) mass is 206 g/mol. The van der Waals surface area contributed by atoms with Crippen LogP contribution in [0.4, 0.5) is 0 Å². The van der Waals surface area contributed by atoms with E-state index in [1.165, 1.54) is 13.8 Å². The number of carboxylic acids is 1. The molecular weight excluding hydrogens is 188 g/mol. The minimum absolute atomic E-state index is 0.211. The Balaban J connectivity index is -0.000000138. The molecule has 0 aromatic rings. The second-order valence-electron chi connectivity index (χ2n) is 1.91. The van der Waals surface area contributed by atoms with Gasteiger partial charge in [0.2, 0.25) is 0 Å². The van der Waals surface area contributed by atoms with E-state index in [1.54, 1.807) is 13.8 Å². The van der Waals surface area contributed by atoms with Crippen molar-refractivity contribution in [3.8, 4) is 0 Å². The average molecular weight is 206 g/mol. The van der Waals surface area contributed by atoms with Crippen LogP contribution in [0.15, 0.2) is 0 Å². The third-order valence-electron chi connectivity index (χ3n) is 0.650. The van der Waals surface area contributed by atoms with Gasteiger partial charge < -0.3 is 14.6 Å². The molecule has 0 aliphatic rings. The maximum atomic E-state index is 9.82. The van der Waals surface area contributed by atoms with Crippen LogP contribution in [0.2, 0.25) is 0 Å². The van der Waals surface area contributed by atoms with Gasteiger partial charge in [-0.25, -0.2) is 0 Å². The summed E-state index contributed by atoms with van der Waals surface area (Å²) in [5.74, 6) is -0.956. The smallest absolute Gasteiger partial charge is 0.303 e. The molecule has 0 spiro atoms. The predicted molar refractivity (Wildman–Crippen MR) is 52.0 cm³/mol. The summed E-state index contributed by atoms with van der Waals surface area (Å²) in [7, 11) is 0. The van der Waals surface area contributed by atoms with Gasteiger partial charge in [-0.1, -0.05) is 6.92 Å². The first-order chi connectivity index (χ1) is 6.45. The van der Waals surface area contributed by atoms with E-state index in [0.717, 1.165) is 6.29 Å². The number of carbonyl (C=O) groups excluding carboxylic acids is 2. The van der Waals surface area contributed by atoms with Crippen LogP contribution in [-0.2, 0) is 19.1 Å². The van der Waals surface area contributed by atoms with E-state index < -0.39 is 5.97 Å². The molecule has 0 amide bonds. The van der Waals surface area contributed by atoms with Crippen molar-refractivity contribution >= 4 is 18.2 Å². The van der Waals surface area contributed by atoms with Crippen LogP contribution in [0.3, 0.4) is 0 Å². The second-order valence-corrected chi connectivity index (χ2v) is 1.91. The fourth-order valence-corrected chi connectivity index (χ4v) is 0.203. The number of carbonyl (C=O) groups is 3. The quantitative estimate of drug-likeness (QED) is 0.543. The summed E-state index contributed by atoms with van der Waals surface area (Å²) in [6.07, 6.45) is 0.972. The van der Waals surface area contributed by atoms with Gasteiger partial charge in [0, 0.05) is 13.3 Å². The molecule has 0 radical (unpaired) electrons. The van der Waals surface area contributed by atoms with E-state index in [9.17, 15) is 9.59 Å². The summed E-state index contributed by atoms with van der Waals surface area (Å²) in [6, 6.07) is 0. The van der Waals surface area contributed by atoms with Crippen molar-refractivity contribution in [1.82, 2.24) is 0 Å². The Morgan fingerprint density at radius 1 is 1.36 bits per heavy atom. The molecule has 0 bridgehead atoms. The normalized spacial score (nSPS) is 6.86. The molecule has 0 fully saturated rings. The molecule has 0 aromatic heterocycles. The first-order valence-corrected chi connectivity index (χ1v) is 4.21. The van der Waals surface area contributed by atoms with Crippen LogP contribution >= 0.6 is 0 Å². The van der Waals surface area contributed by atoms with Crippen LogP contribution in [0.25, 0.3) is 0 Å². The van der Waals surface area contributed by atoms with E-state index in [4.69, 9.17) is 9.90 Å². The third-order valence-corrected chi connectivity index (χ3v) is 0.650. The lowest BCUT2D eigenvalue weighted by molar-refractivity contribution is -0.140. The molecule has 0 saturated carbocycles. The van der Waals surface area contributed by atoms with E-state index in [2.05, 4.69) is 4.74 Å². The van der Waals surface area contributed by atoms with Gasteiger partial charge >= 0.3 is 11.9 Å². The highest BCUT2D eigenvalue weighted by molar-refractivity contribution is 5.66. The average Bonchev–Trinajstić information content (AvgIpc) is 2.06. The van der Waals surface area contributed by atoms with Gasteiger partial charge in [0.15, 0.2) is 0 Å². The second kappa shape index (κ2) is 17.6. The molecule has 0 unspecified atom stereocenters. The molecule has 0 rings (SSSR count). The van der Waals surface area contributed by atoms with E-state index in [0.29, 0.717) is 6.61 Å². The Morgan fingerprint density at radius 2 is 1.64 bits per heavy atom. The maximum absolute atomic E-state index is 9.82. The molecule has 5 heteroatoms. The first kappa shape index (κ1) is 18.4. The van der Waals surface area contributed by atoms with E-state index in [1.807, 2.05) is 0 Å². The van der Waals surface area contributed by atoms with Crippen molar-refractivity contribution in [1.29, 1.82) is 0 Å².